The summed E-state index contributed by atoms with van der Waals surface area (Å²) in [5.41, 5.74) is 4.05. The number of nitrogens with zero attached hydrogens (tertiary/aromatic N) is 4. The molecule has 1 aliphatic heterocycles. The van der Waals surface area contributed by atoms with Crippen LogP contribution in [0.15, 0.2) is 22.7 Å². The van der Waals surface area contributed by atoms with Gasteiger partial charge in [0.25, 0.3) is 5.91 Å². The van der Waals surface area contributed by atoms with Crippen LogP contribution in [0.25, 0.3) is 0 Å². The van der Waals surface area contributed by atoms with E-state index in [9.17, 15) is 4.79 Å². The molecule has 0 saturated carbocycles. The maximum Gasteiger partial charge on any atom is 0.292 e. The van der Waals surface area contributed by atoms with Crippen LogP contribution in [-0.4, -0.2) is 48.1 Å². The SMILES string of the molecule is Cc1cc(N(C)C)cc([C@@H]2CCN(C(=O)c3cc(CC(C)C)no3)C2)n1. The van der Waals surface area contributed by atoms with Crippen molar-refractivity contribution in [1.82, 2.24) is 15.0 Å². The van der Waals surface area contributed by atoms with E-state index >= 15 is 0 Å². The molecule has 3 heterocycles. The summed E-state index contributed by atoms with van der Waals surface area (Å²) in [4.78, 5) is 21.4. The molecule has 26 heavy (non-hydrogen) atoms. The third-order valence-corrected chi connectivity index (χ3v) is 4.76. The van der Waals surface area contributed by atoms with E-state index < -0.39 is 0 Å². The first-order valence-electron chi connectivity index (χ1n) is 9.24. The zero-order chi connectivity index (χ0) is 18.8. The summed E-state index contributed by atoms with van der Waals surface area (Å²) in [6.45, 7) is 7.65. The van der Waals surface area contributed by atoms with E-state index in [1.165, 1.54) is 0 Å². The predicted octanol–water partition coefficient (Wildman–Crippen LogP) is 3.27. The molecule has 6 nitrogen and oxygen atoms in total. The number of anilines is 1. The molecule has 1 atom stereocenters. The van der Waals surface area contributed by atoms with Gasteiger partial charge < -0.3 is 14.3 Å². The summed E-state index contributed by atoms with van der Waals surface area (Å²) in [6.07, 6.45) is 1.74. The first-order chi connectivity index (χ1) is 12.3. The van der Waals surface area contributed by atoms with Gasteiger partial charge in [0.15, 0.2) is 0 Å². The molecule has 0 aromatic carbocycles. The molecular weight excluding hydrogens is 328 g/mol. The molecule has 0 unspecified atom stereocenters. The van der Waals surface area contributed by atoms with Gasteiger partial charge in [0.05, 0.1) is 5.69 Å². The van der Waals surface area contributed by atoms with Crippen molar-refractivity contribution in [3.05, 3.63) is 41.0 Å². The molecule has 0 spiro atoms. The average molecular weight is 356 g/mol. The molecule has 1 fully saturated rings. The second-order valence-corrected chi connectivity index (χ2v) is 7.80. The van der Waals surface area contributed by atoms with Crippen molar-refractivity contribution >= 4 is 11.6 Å². The minimum absolute atomic E-state index is 0.0736. The van der Waals surface area contributed by atoms with Crippen molar-refractivity contribution in [2.24, 2.45) is 5.92 Å². The number of rotatable bonds is 5. The van der Waals surface area contributed by atoms with Crippen molar-refractivity contribution in [2.75, 3.05) is 32.1 Å². The lowest BCUT2D eigenvalue weighted by Gasteiger charge is -2.18. The van der Waals surface area contributed by atoms with Crippen molar-refractivity contribution in [1.29, 1.82) is 0 Å². The third kappa shape index (κ3) is 4.06. The van der Waals surface area contributed by atoms with Gasteiger partial charge in [-0.15, -0.1) is 0 Å². The average Bonchev–Trinajstić information content (AvgIpc) is 3.22. The quantitative estimate of drug-likeness (QED) is 0.823. The van der Waals surface area contributed by atoms with E-state index in [0.717, 1.165) is 42.2 Å². The lowest BCUT2D eigenvalue weighted by atomic mass is 10.0. The third-order valence-electron chi connectivity index (χ3n) is 4.76. The molecule has 0 aliphatic carbocycles. The van der Waals surface area contributed by atoms with Crippen LogP contribution >= 0.6 is 0 Å². The van der Waals surface area contributed by atoms with Crippen LogP contribution in [-0.2, 0) is 6.42 Å². The Kier molecular flexibility index (Phi) is 5.30. The molecule has 1 saturated heterocycles. The summed E-state index contributed by atoms with van der Waals surface area (Å²) in [5.74, 6) is 1.01. The van der Waals surface area contributed by atoms with Crippen molar-refractivity contribution in [2.45, 2.75) is 39.5 Å². The Balaban J connectivity index is 1.70. The summed E-state index contributed by atoms with van der Waals surface area (Å²) in [7, 11) is 4.06. The summed E-state index contributed by atoms with van der Waals surface area (Å²) in [5, 5.41) is 4.03. The van der Waals surface area contributed by atoms with Crippen LogP contribution in [0, 0.1) is 12.8 Å². The van der Waals surface area contributed by atoms with Crippen LogP contribution in [0.3, 0.4) is 0 Å². The number of amides is 1. The molecule has 1 aliphatic rings. The molecule has 2 aromatic heterocycles. The van der Waals surface area contributed by atoms with Gasteiger partial charge in [0.1, 0.15) is 0 Å². The maximum atomic E-state index is 12.7. The van der Waals surface area contributed by atoms with Crippen LogP contribution in [0.1, 0.15) is 53.8 Å². The Morgan fingerprint density at radius 1 is 1.35 bits per heavy atom. The van der Waals surface area contributed by atoms with Crippen molar-refractivity contribution in [3.8, 4) is 0 Å². The van der Waals surface area contributed by atoms with Crippen molar-refractivity contribution < 1.29 is 9.32 Å². The summed E-state index contributed by atoms with van der Waals surface area (Å²) < 4.78 is 5.29. The standard InChI is InChI=1S/C20H28N4O2/c1-13(2)8-16-10-19(26-22-16)20(25)24-7-6-15(12-24)18-11-17(23(4)5)9-14(3)21-18/h9-11,13,15H,6-8,12H2,1-5H3/t15-/m1/s1. The maximum absolute atomic E-state index is 12.7. The van der Waals surface area contributed by atoms with Crippen LogP contribution in [0.4, 0.5) is 5.69 Å². The number of hydrogen-bond acceptors (Lipinski definition) is 5. The second-order valence-electron chi connectivity index (χ2n) is 7.80. The molecular formula is C20H28N4O2. The zero-order valence-electron chi connectivity index (χ0n) is 16.3. The van der Waals surface area contributed by atoms with Crippen LogP contribution in [0.2, 0.25) is 0 Å². The Morgan fingerprint density at radius 3 is 2.81 bits per heavy atom. The number of carbonyl (C=O) groups excluding carboxylic acids is 1. The smallest absolute Gasteiger partial charge is 0.292 e. The highest BCUT2D eigenvalue weighted by molar-refractivity contribution is 5.91. The highest BCUT2D eigenvalue weighted by Crippen LogP contribution is 2.29. The highest BCUT2D eigenvalue weighted by atomic mass is 16.5. The molecule has 0 radical (unpaired) electrons. The van der Waals surface area contributed by atoms with Gasteiger partial charge in [-0.3, -0.25) is 9.78 Å². The van der Waals surface area contributed by atoms with Gasteiger partial charge >= 0.3 is 0 Å². The number of aryl methyl sites for hydroxylation is 1. The normalized spacial score (nSPS) is 17.2. The van der Waals surface area contributed by atoms with Gasteiger partial charge in [0.2, 0.25) is 5.76 Å². The predicted molar refractivity (Wildman–Crippen MR) is 102 cm³/mol. The van der Waals surface area contributed by atoms with Gasteiger partial charge in [-0.25, -0.2) is 0 Å². The highest BCUT2D eigenvalue weighted by Gasteiger charge is 2.31. The van der Waals surface area contributed by atoms with E-state index in [1.807, 2.05) is 25.9 Å². The van der Waals surface area contributed by atoms with E-state index in [0.29, 0.717) is 18.2 Å². The number of pyridine rings is 1. The Bertz CT molecular complexity index is 782. The molecule has 0 bridgehead atoms. The Morgan fingerprint density at radius 2 is 2.12 bits per heavy atom. The lowest BCUT2D eigenvalue weighted by Crippen LogP contribution is -2.28. The number of carbonyl (C=O) groups is 1. The fraction of sp³-hybridized carbons (Fsp3) is 0.550. The second kappa shape index (κ2) is 7.48. The summed E-state index contributed by atoms with van der Waals surface area (Å²) in [6, 6.07) is 5.98. The molecule has 1 amide bonds. The van der Waals surface area contributed by atoms with Gasteiger partial charge in [-0.05, 0) is 37.8 Å². The fourth-order valence-electron chi connectivity index (χ4n) is 3.41. The minimum Gasteiger partial charge on any atom is -0.378 e. The largest absolute Gasteiger partial charge is 0.378 e. The van der Waals surface area contributed by atoms with E-state index in [-0.39, 0.29) is 11.8 Å². The van der Waals surface area contributed by atoms with Gasteiger partial charge in [-0.1, -0.05) is 19.0 Å². The molecule has 140 valence electrons. The first-order valence-corrected chi connectivity index (χ1v) is 9.24. The van der Waals surface area contributed by atoms with Crippen molar-refractivity contribution in [3.63, 3.8) is 0 Å². The molecule has 2 aromatic rings. The monoisotopic (exact) mass is 356 g/mol. The number of hydrogen-bond donors (Lipinski definition) is 0. The van der Waals surface area contributed by atoms with Gasteiger partial charge in [-0.2, -0.15) is 0 Å². The van der Waals surface area contributed by atoms with Crippen LogP contribution in [0.5, 0.6) is 0 Å². The van der Waals surface area contributed by atoms with E-state index in [1.54, 1.807) is 6.07 Å². The Hall–Kier alpha value is -2.37. The van der Waals surface area contributed by atoms with Gasteiger partial charge in [0, 0.05) is 56.2 Å². The molecule has 0 N–H and O–H groups in total. The lowest BCUT2D eigenvalue weighted by molar-refractivity contribution is 0.0749. The fourth-order valence-corrected chi connectivity index (χ4v) is 3.41. The van der Waals surface area contributed by atoms with E-state index in [2.05, 4.69) is 36.0 Å². The first kappa shape index (κ1) is 18.4. The van der Waals surface area contributed by atoms with Crippen LogP contribution < -0.4 is 4.90 Å². The minimum atomic E-state index is -0.0736. The Labute approximate surface area is 155 Å². The molecule has 3 rings (SSSR count). The number of aromatic nitrogens is 2. The number of likely N-dealkylation sites (tertiary alicyclic amines) is 1. The summed E-state index contributed by atoms with van der Waals surface area (Å²) >= 11 is 0. The molecule has 6 heteroatoms. The van der Waals surface area contributed by atoms with E-state index in [4.69, 9.17) is 9.51 Å². The topological polar surface area (TPSA) is 62.5 Å². The zero-order valence-corrected chi connectivity index (χ0v) is 16.3.